The maximum absolute atomic E-state index is 13.2. The normalized spacial score (nSPS) is 12.1. The molecule has 0 saturated heterocycles. The molecule has 1 aromatic rings. The fourth-order valence-corrected chi connectivity index (χ4v) is 1.32. The fraction of sp³-hybridized carbons (Fsp3) is 0.500. The molecule has 0 heterocycles. The first kappa shape index (κ1) is 11.2. The predicted octanol–water partition coefficient (Wildman–Crippen LogP) is 4.31. The van der Waals surface area contributed by atoms with Gasteiger partial charge < -0.3 is 0 Å². The van der Waals surface area contributed by atoms with E-state index in [4.69, 9.17) is 0 Å². The van der Waals surface area contributed by atoms with Crippen LogP contribution < -0.4 is 0 Å². The summed E-state index contributed by atoms with van der Waals surface area (Å²) in [5.41, 5.74) is 1.21. The highest BCUT2D eigenvalue weighted by Gasteiger charge is 2.28. The summed E-state index contributed by atoms with van der Waals surface area (Å²) in [5.74, 6) is -2.30. The van der Waals surface area contributed by atoms with Crippen molar-refractivity contribution < 1.29 is 8.78 Å². The lowest BCUT2D eigenvalue weighted by Gasteiger charge is -2.15. The van der Waals surface area contributed by atoms with Crippen LogP contribution in [0.3, 0.4) is 0 Å². The SMILES string of the molecule is CCC(F)(F)c1ccc(C(C)C)cc1. The van der Waals surface area contributed by atoms with Gasteiger partial charge in [-0.05, 0) is 11.5 Å². The van der Waals surface area contributed by atoms with E-state index in [0.717, 1.165) is 5.56 Å². The van der Waals surface area contributed by atoms with Crippen molar-refractivity contribution in [3.63, 3.8) is 0 Å². The maximum Gasteiger partial charge on any atom is 0.273 e. The summed E-state index contributed by atoms with van der Waals surface area (Å²) in [7, 11) is 0. The van der Waals surface area contributed by atoms with Gasteiger partial charge in [-0.25, -0.2) is 8.78 Å². The van der Waals surface area contributed by atoms with E-state index in [0.29, 0.717) is 5.92 Å². The van der Waals surface area contributed by atoms with Gasteiger partial charge in [0.1, 0.15) is 0 Å². The van der Waals surface area contributed by atoms with E-state index in [-0.39, 0.29) is 12.0 Å². The zero-order chi connectivity index (χ0) is 10.8. The molecule has 0 spiro atoms. The molecule has 0 unspecified atom stereocenters. The van der Waals surface area contributed by atoms with Crippen LogP contribution in [0.2, 0.25) is 0 Å². The molecule has 0 radical (unpaired) electrons. The third kappa shape index (κ3) is 2.31. The number of rotatable bonds is 3. The first-order valence-corrected chi connectivity index (χ1v) is 4.95. The lowest BCUT2D eigenvalue weighted by atomic mass is 9.99. The second-order valence-corrected chi connectivity index (χ2v) is 3.83. The van der Waals surface area contributed by atoms with Crippen LogP contribution in [0.5, 0.6) is 0 Å². The third-order valence-electron chi connectivity index (χ3n) is 2.44. The topological polar surface area (TPSA) is 0 Å². The van der Waals surface area contributed by atoms with Gasteiger partial charge in [0.2, 0.25) is 0 Å². The summed E-state index contributed by atoms with van der Waals surface area (Å²) in [5, 5.41) is 0. The van der Waals surface area contributed by atoms with Crippen molar-refractivity contribution in [3.8, 4) is 0 Å². The Morgan fingerprint density at radius 2 is 1.64 bits per heavy atom. The van der Waals surface area contributed by atoms with Crippen molar-refractivity contribution >= 4 is 0 Å². The van der Waals surface area contributed by atoms with Crippen LogP contribution >= 0.6 is 0 Å². The van der Waals surface area contributed by atoms with Gasteiger partial charge >= 0.3 is 0 Å². The molecule has 78 valence electrons. The van der Waals surface area contributed by atoms with Crippen LogP contribution in [-0.2, 0) is 5.92 Å². The molecule has 2 heteroatoms. The molecule has 0 N–H and O–H groups in total. The molecule has 14 heavy (non-hydrogen) atoms. The lowest BCUT2D eigenvalue weighted by Crippen LogP contribution is -2.11. The molecule has 0 aliphatic carbocycles. The van der Waals surface area contributed by atoms with Crippen LogP contribution in [0, 0.1) is 0 Å². The monoisotopic (exact) mass is 198 g/mol. The van der Waals surface area contributed by atoms with E-state index in [1.165, 1.54) is 19.1 Å². The van der Waals surface area contributed by atoms with Gasteiger partial charge in [0.25, 0.3) is 5.92 Å². The van der Waals surface area contributed by atoms with Crippen LogP contribution in [0.1, 0.15) is 44.2 Å². The average molecular weight is 198 g/mol. The van der Waals surface area contributed by atoms with E-state index in [1.54, 1.807) is 12.1 Å². The van der Waals surface area contributed by atoms with E-state index < -0.39 is 5.92 Å². The number of benzene rings is 1. The van der Waals surface area contributed by atoms with Gasteiger partial charge in [0.15, 0.2) is 0 Å². The second-order valence-electron chi connectivity index (χ2n) is 3.83. The molecule has 0 amide bonds. The standard InChI is InChI=1S/C12H16F2/c1-4-12(13,14)11-7-5-10(6-8-11)9(2)3/h5-9H,4H2,1-3H3. The molecular weight excluding hydrogens is 182 g/mol. The Labute approximate surface area is 84.0 Å². The molecule has 1 aromatic carbocycles. The molecular formula is C12H16F2. The Morgan fingerprint density at radius 3 is 2.00 bits per heavy atom. The molecule has 0 fully saturated rings. The van der Waals surface area contributed by atoms with Gasteiger partial charge in [0.05, 0.1) is 0 Å². The Balaban J connectivity index is 2.94. The highest BCUT2D eigenvalue weighted by Crippen LogP contribution is 2.31. The largest absolute Gasteiger partial charge is 0.273 e. The summed E-state index contributed by atoms with van der Waals surface area (Å²) >= 11 is 0. The summed E-state index contributed by atoms with van der Waals surface area (Å²) < 4.78 is 26.4. The summed E-state index contributed by atoms with van der Waals surface area (Å²) in [6, 6.07) is 6.62. The zero-order valence-corrected chi connectivity index (χ0v) is 8.85. The van der Waals surface area contributed by atoms with Crippen molar-refractivity contribution in [1.29, 1.82) is 0 Å². The first-order valence-electron chi connectivity index (χ1n) is 4.95. The number of hydrogen-bond donors (Lipinski definition) is 0. The van der Waals surface area contributed by atoms with Gasteiger partial charge in [-0.2, -0.15) is 0 Å². The van der Waals surface area contributed by atoms with Crippen LogP contribution in [0.15, 0.2) is 24.3 Å². The van der Waals surface area contributed by atoms with E-state index in [1.807, 2.05) is 13.8 Å². The molecule has 0 saturated carbocycles. The van der Waals surface area contributed by atoms with Crippen LogP contribution in [-0.4, -0.2) is 0 Å². The lowest BCUT2D eigenvalue weighted by molar-refractivity contribution is -0.00830. The summed E-state index contributed by atoms with van der Waals surface area (Å²) in [6.45, 7) is 5.59. The van der Waals surface area contributed by atoms with Crippen molar-refractivity contribution in [2.75, 3.05) is 0 Å². The van der Waals surface area contributed by atoms with Crippen molar-refractivity contribution in [2.24, 2.45) is 0 Å². The molecule has 0 aromatic heterocycles. The average Bonchev–Trinajstić information content (AvgIpc) is 2.18. The number of hydrogen-bond acceptors (Lipinski definition) is 0. The summed E-state index contributed by atoms with van der Waals surface area (Å²) in [6.07, 6.45) is -0.145. The van der Waals surface area contributed by atoms with E-state index in [9.17, 15) is 8.78 Å². The Bertz CT molecular complexity index is 286. The minimum atomic E-state index is -2.69. The van der Waals surface area contributed by atoms with Crippen molar-refractivity contribution in [2.45, 2.75) is 39.0 Å². The van der Waals surface area contributed by atoms with Gasteiger partial charge in [-0.1, -0.05) is 45.0 Å². The van der Waals surface area contributed by atoms with Gasteiger partial charge in [-0.3, -0.25) is 0 Å². The second kappa shape index (κ2) is 4.07. The van der Waals surface area contributed by atoms with Crippen molar-refractivity contribution in [3.05, 3.63) is 35.4 Å². The smallest absolute Gasteiger partial charge is 0.201 e. The molecule has 0 atom stereocenters. The van der Waals surface area contributed by atoms with E-state index >= 15 is 0 Å². The summed E-state index contributed by atoms with van der Waals surface area (Å²) in [4.78, 5) is 0. The number of halogens is 2. The maximum atomic E-state index is 13.2. The van der Waals surface area contributed by atoms with Crippen LogP contribution in [0.4, 0.5) is 8.78 Å². The molecule has 0 aliphatic rings. The Hall–Kier alpha value is -0.920. The number of alkyl halides is 2. The Morgan fingerprint density at radius 1 is 1.14 bits per heavy atom. The predicted molar refractivity (Wildman–Crippen MR) is 54.7 cm³/mol. The minimum absolute atomic E-state index is 0.115. The fourth-order valence-electron chi connectivity index (χ4n) is 1.32. The van der Waals surface area contributed by atoms with Gasteiger partial charge in [-0.15, -0.1) is 0 Å². The highest BCUT2D eigenvalue weighted by atomic mass is 19.3. The first-order chi connectivity index (χ1) is 6.47. The zero-order valence-electron chi connectivity index (χ0n) is 8.85. The molecule has 1 rings (SSSR count). The third-order valence-corrected chi connectivity index (χ3v) is 2.44. The minimum Gasteiger partial charge on any atom is -0.201 e. The van der Waals surface area contributed by atoms with Crippen molar-refractivity contribution in [1.82, 2.24) is 0 Å². The highest BCUT2D eigenvalue weighted by molar-refractivity contribution is 5.27. The quantitative estimate of drug-likeness (QED) is 0.678. The molecule has 0 aliphatic heterocycles. The Kier molecular flexibility index (Phi) is 3.25. The van der Waals surface area contributed by atoms with E-state index in [2.05, 4.69) is 0 Å². The van der Waals surface area contributed by atoms with Crippen LogP contribution in [0.25, 0.3) is 0 Å². The van der Waals surface area contributed by atoms with Gasteiger partial charge in [0, 0.05) is 12.0 Å². The molecule has 0 nitrogen and oxygen atoms in total. The molecule has 0 bridgehead atoms.